The maximum Gasteiger partial charge on any atom is 0.408 e. The first kappa shape index (κ1) is 28.2. The summed E-state index contributed by atoms with van der Waals surface area (Å²) in [4.78, 5) is 40.9. The first-order valence-corrected chi connectivity index (χ1v) is 12.4. The zero-order valence-electron chi connectivity index (χ0n) is 21.4. The van der Waals surface area contributed by atoms with Crippen molar-refractivity contribution in [3.05, 3.63) is 70.8 Å². The number of ether oxygens (including phenoxy) is 1. The molecule has 0 aliphatic carbocycles. The van der Waals surface area contributed by atoms with E-state index in [0.717, 1.165) is 16.7 Å². The Labute approximate surface area is 214 Å². The van der Waals surface area contributed by atoms with E-state index in [2.05, 4.69) is 23.3 Å². The van der Waals surface area contributed by atoms with E-state index in [1.54, 1.807) is 27.7 Å². The lowest BCUT2D eigenvalue weighted by Crippen LogP contribution is -2.53. The quantitative estimate of drug-likeness (QED) is 0.448. The van der Waals surface area contributed by atoms with E-state index >= 15 is 0 Å². The van der Waals surface area contributed by atoms with Crippen LogP contribution in [0.2, 0.25) is 0 Å². The number of rotatable bonds is 9. The summed E-state index contributed by atoms with van der Waals surface area (Å²) in [5.74, 6) is -0.659. The fraction of sp³-hybridized carbons (Fsp3) is 0.444. The number of hydrogen-bond acceptors (Lipinski definition) is 5. The van der Waals surface area contributed by atoms with Crippen molar-refractivity contribution in [2.75, 3.05) is 12.3 Å². The predicted molar refractivity (Wildman–Crippen MR) is 141 cm³/mol. The second-order valence-electron chi connectivity index (χ2n) is 9.46. The number of benzene rings is 2. The smallest absolute Gasteiger partial charge is 0.408 e. The standard InChI is InChI=1S/C27H37N3O4S/c1-7-30(25(32)22(17-35)29-26(33)34-27(4,5)6)23(21-14-13-18(2)19(3)15-21)24(31)28-16-20-11-9-8-10-12-20/h8-15,22-23,35H,7,16-17H2,1-6H3,(H,28,31)(H,29,33). The Bertz CT molecular complexity index is 1020. The van der Waals surface area contributed by atoms with Crippen molar-refractivity contribution in [1.82, 2.24) is 15.5 Å². The van der Waals surface area contributed by atoms with Gasteiger partial charge in [-0.2, -0.15) is 12.6 Å². The lowest BCUT2D eigenvalue weighted by atomic mass is 9.98. The van der Waals surface area contributed by atoms with Gasteiger partial charge in [-0.05, 0) is 63.8 Å². The summed E-state index contributed by atoms with van der Waals surface area (Å²) in [5.41, 5.74) is 3.05. The number of carbonyl (C=O) groups is 3. The van der Waals surface area contributed by atoms with E-state index in [-0.39, 0.29) is 18.2 Å². The van der Waals surface area contributed by atoms with E-state index in [1.807, 2.05) is 62.4 Å². The maximum absolute atomic E-state index is 13.6. The lowest BCUT2D eigenvalue weighted by Gasteiger charge is -2.33. The molecule has 0 fully saturated rings. The predicted octanol–water partition coefficient (Wildman–Crippen LogP) is 4.33. The summed E-state index contributed by atoms with van der Waals surface area (Å²) in [5, 5.41) is 5.57. The summed E-state index contributed by atoms with van der Waals surface area (Å²) < 4.78 is 5.31. The van der Waals surface area contributed by atoms with E-state index in [1.165, 1.54) is 4.90 Å². The SMILES string of the molecule is CCN(C(=O)C(CS)NC(=O)OC(C)(C)C)C(C(=O)NCc1ccccc1)c1ccc(C)c(C)c1. The van der Waals surface area contributed by atoms with Crippen molar-refractivity contribution < 1.29 is 19.1 Å². The molecule has 7 nitrogen and oxygen atoms in total. The molecule has 2 unspecified atom stereocenters. The second kappa shape index (κ2) is 12.6. The summed E-state index contributed by atoms with van der Waals surface area (Å²) in [6, 6.07) is 13.5. The highest BCUT2D eigenvalue weighted by Gasteiger charge is 2.35. The number of nitrogens with one attached hydrogen (secondary N) is 2. The molecule has 0 saturated heterocycles. The van der Waals surface area contributed by atoms with Crippen LogP contribution in [0.4, 0.5) is 4.79 Å². The molecule has 2 rings (SSSR count). The minimum absolute atomic E-state index is 0.0554. The molecule has 2 aromatic rings. The molecule has 0 aliphatic rings. The Kier molecular flexibility index (Phi) is 10.2. The Hall–Kier alpha value is -3.00. The van der Waals surface area contributed by atoms with Crippen LogP contribution >= 0.6 is 12.6 Å². The van der Waals surface area contributed by atoms with E-state index in [4.69, 9.17) is 4.74 Å². The Balaban J connectivity index is 2.35. The van der Waals surface area contributed by atoms with Crippen molar-refractivity contribution >= 4 is 30.5 Å². The number of thiol groups is 1. The zero-order valence-corrected chi connectivity index (χ0v) is 22.3. The van der Waals surface area contributed by atoms with Crippen molar-refractivity contribution in [2.45, 2.75) is 65.8 Å². The van der Waals surface area contributed by atoms with Crippen LogP contribution in [-0.2, 0) is 20.9 Å². The fourth-order valence-electron chi connectivity index (χ4n) is 3.59. The van der Waals surface area contributed by atoms with Gasteiger partial charge in [0.2, 0.25) is 11.8 Å². The van der Waals surface area contributed by atoms with Crippen LogP contribution in [0, 0.1) is 13.8 Å². The van der Waals surface area contributed by atoms with Crippen LogP contribution in [0.3, 0.4) is 0 Å². The van der Waals surface area contributed by atoms with Crippen LogP contribution in [-0.4, -0.2) is 46.7 Å². The minimum Gasteiger partial charge on any atom is -0.444 e. The van der Waals surface area contributed by atoms with Crippen molar-refractivity contribution in [1.29, 1.82) is 0 Å². The molecule has 3 amide bonds. The van der Waals surface area contributed by atoms with Gasteiger partial charge in [0.05, 0.1) is 0 Å². The first-order chi connectivity index (χ1) is 16.5. The molecule has 0 saturated carbocycles. The molecule has 0 bridgehead atoms. The molecule has 2 aromatic carbocycles. The molecule has 2 atom stereocenters. The third-order valence-corrected chi connectivity index (χ3v) is 5.88. The molecule has 0 aliphatic heterocycles. The van der Waals surface area contributed by atoms with Crippen molar-refractivity contribution in [2.24, 2.45) is 0 Å². The maximum atomic E-state index is 13.6. The van der Waals surface area contributed by atoms with E-state index in [9.17, 15) is 14.4 Å². The Morgan fingerprint density at radius 3 is 2.23 bits per heavy atom. The van der Waals surface area contributed by atoms with Crippen molar-refractivity contribution in [3.63, 3.8) is 0 Å². The molecular formula is C27H37N3O4S. The highest BCUT2D eigenvalue weighted by atomic mass is 32.1. The Morgan fingerprint density at radius 1 is 1.03 bits per heavy atom. The number of alkyl carbamates (subject to hydrolysis) is 1. The monoisotopic (exact) mass is 499 g/mol. The second-order valence-corrected chi connectivity index (χ2v) is 9.82. The third-order valence-electron chi connectivity index (χ3n) is 5.51. The molecule has 8 heteroatoms. The number of hydrogen-bond donors (Lipinski definition) is 3. The third kappa shape index (κ3) is 8.31. The molecule has 0 spiro atoms. The fourth-order valence-corrected chi connectivity index (χ4v) is 3.84. The van der Waals surface area contributed by atoms with Gasteiger partial charge >= 0.3 is 6.09 Å². The minimum atomic E-state index is -0.955. The van der Waals surface area contributed by atoms with Gasteiger partial charge in [-0.25, -0.2) is 4.79 Å². The van der Waals surface area contributed by atoms with Gasteiger partial charge in [0.1, 0.15) is 17.7 Å². The first-order valence-electron chi connectivity index (χ1n) is 11.8. The number of carbonyl (C=O) groups excluding carboxylic acids is 3. The zero-order chi connectivity index (χ0) is 26.2. The topological polar surface area (TPSA) is 87.7 Å². The highest BCUT2D eigenvalue weighted by Crippen LogP contribution is 2.25. The normalized spacial score (nSPS) is 12.9. The summed E-state index contributed by atoms with van der Waals surface area (Å²) in [7, 11) is 0. The number of nitrogens with zero attached hydrogens (tertiary/aromatic N) is 1. The summed E-state index contributed by atoms with van der Waals surface area (Å²) in [6.07, 6.45) is -0.711. The number of amides is 3. The number of likely N-dealkylation sites (N-methyl/N-ethyl adjacent to an activating group) is 1. The summed E-state index contributed by atoms with van der Waals surface area (Å²) >= 11 is 4.28. The van der Waals surface area contributed by atoms with Gasteiger partial charge in [0.25, 0.3) is 0 Å². The van der Waals surface area contributed by atoms with Crippen molar-refractivity contribution in [3.8, 4) is 0 Å². The van der Waals surface area contributed by atoms with Gasteiger partial charge in [-0.1, -0.05) is 48.5 Å². The van der Waals surface area contributed by atoms with Gasteiger partial charge in [0.15, 0.2) is 0 Å². The van der Waals surface area contributed by atoms with E-state index in [0.29, 0.717) is 12.1 Å². The van der Waals surface area contributed by atoms with Crippen LogP contribution in [0.25, 0.3) is 0 Å². The average molecular weight is 500 g/mol. The Morgan fingerprint density at radius 2 is 1.69 bits per heavy atom. The molecule has 0 aromatic heterocycles. The van der Waals surface area contributed by atoms with Gasteiger partial charge in [0, 0.05) is 18.8 Å². The van der Waals surface area contributed by atoms with Crippen LogP contribution in [0.5, 0.6) is 0 Å². The molecule has 35 heavy (non-hydrogen) atoms. The molecular weight excluding hydrogens is 462 g/mol. The molecule has 0 heterocycles. The van der Waals surface area contributed by atoms with Gasteiger partial charge in [-0.3, -0.25) is 9.59 Å². The van der Waals surface area contributed by atoms with Gasteiger partial charge in [-0.15, -0.1) is 0 Å². The van der Waals surface area contributed by atoms with Gasteiger partial charge < -0.3 is 20.3 Å². The van der Waals surface area contributed by atoms with E-state index < -0.39 is 29.7 Å². The van der Waals surface area contributed by atoms with Crippen LogP contribution < -0.4 is 10.6 Å². The van der Waals surface area contributed by atoms with Crippen LogP contribution in [0.1, 0.15) is 56.0 Å². The highest BCUT2D eigenvalue weighted by molar-refractivity contribution is 7.80. The average Bonchev–Trinajstić information content (AvgIpc) is 2.80. The largest absolute Gasteiger partial charge is 0.444 e. The number of aryl methyl sites for hydroxylation is 2. The molecule has 190 valence electrons. The molecule has 2 N–H and O–H groups in total. The summed E-state index contributed by atoms with van der Waals surface area (Å²) in [6.45, 7) is 11.6. The molecule has 0 radical (unpaired) electrons. The lowest BCUT2D eigenvalue weighted by molar-refractivity contribution is -0.141. The van der Waals surface area contributed by atoms with Crippen LogP contribution in [0.15, 0.2) is 48.5 Å².